The van der Waals surface area contributed by atoms with E-state index in [2.05, 4.69) is 15.5 Å². The lowest BCUT2D eigenvalue weighted by Gasteiger charge is -2.34. The molecule has 0 saturated heterocycles. The summed E-state index contributed by atoms with van der Waals surface area (Å²) >= 11 is 0. The number of nitrogens with two attached hydrogens (primary N) is 1. The summed E-state index contributed by atoms with van der Waals surface area (Å²) in [6.45, 7) is 1.54. The summed E-state index contributed by atoms with van der Waals surface area (Å²) in [5.74, 6) is 1.08. The van der Waals surface area contributed by atoms with Crippen molar-refractivity contribution >= 4 is 5.91 Å². The molecule has 2 fully saturated rings. The van der Waals surface area contributed by atoms with Crippen molar-refractivity contribution in [1.29, 1.82) is 0 Å². The van der Waals surface area contributed by atoms with Crippen LogP contribution in [0, 0.1) is 0 Å². The number of carbonyl (C=O) groups is 1. The average Bonchev–Trinajstić information content (AvgIpc) is 3.08. The first-order valence-corrected chi connectivity index (χ1v) is 7.96. The van der Waals surface area contributed by atoms with Crippen molar-refractivity contribution in [2.24, 2.45) is 5.73 Å². The number of nitrogens with zero attached hydrogens (tertiary/aromatic N) is 2. The van der Waals surface area contributed by atoms with E-state index in [9.17, 15) is 4.79 Å². The Labute approximate surface area is 124 Å². The van der Waals surface area contributed by atoms with Gasteiger partial charge in [0.05, 0.1) is 5.54 Å². The van der Waals surface area contributed by atoms with E-state index < -0.39 is 11.1 Å². The Balaban J connectivity index is 1.89. The predicted octanol–water partition coefficient (Wildman–Crippen LogP) is 2.09. The van der Waals surface area contributed by atoms with Gasteiger partial charge >= 0.3 is 0 Å². The van der Waals surface area contributed by atoms with E-state index >= 15 is 0 Å². The second kappa shape index (κ2) is 5.40. The van der Waals surface area contributed by atoms with E-state index in [0.717, 1.165) is 51.4 Å². The van der Waals surface area contributed by atoms with Gasteiger partial charge in [-0.3, -0.25) is 4.79 Å². The summed E-state index contributed by atoms with van der Waals surface area (Å²) in [7, 11) is 0. The summed E-state index contributed by atoms with van der Waals surface area (Å²) in [6.07, 6.45) is 9.03. The van der Waals surface area contributed by atoms with Gasteiger partial charge in [-0.2, -0.15) is 4.98 Å². The lowest BCUT2D eigenvalue weighted by Crippen LogP contribution is -2.46. The van der Waals surface area contributed by atoms with E-state index in [0.29, 0.717) is 11.7 Å². The molecule has 6 heteroatoms. The highest BCUT2D eigenvalue weighted by atomic mass is 16.5. The predicted molar refractivity (Wildman–Crippen MR) is 77.2 cm³/mol. The van der Waals surface area contributed by atoms with Gasteiger partial charge in [0.15, 0.2) is 5.82 Å². The van der Waals surface area contributed by atoms with Gasteiger partial charge in [-0.1, -0.05) is 37.3 Å². The second-order valence-corrected chi connectivity index (χ2v) is 6.61. The molecule has 2 saturated carbocycles. The number of aromatic nitrogens is 2. The molecule has 1 amide bonds. The molecule has 0 atom stereocenters. The molecule has 0 bridgehead atoms. The standard InChI is InChI=1S/C15H24N4O2/c1-11(20)18-15(9-3-2-4-10-15)13-17-12(19-21-13)14(16)7-5-6-8-14/h2-10,16H2,1H3,(H,18,20). The lowest BCUT2D eigenvalue weighted by molar-refractivity contribution is -0.121. The first-order valence-electron chi connectivity index (χ1n) is 7.96. The molecule has 1 aromatic heterocycles. The maximum Gasteiger partial charge on any atom is 0.252 e. The van der Waals surface area contributed by atoms with Crippen LogP contribution in [0.2, 0.25) is 0 Å². The van der Waals surface area contributed by atoms with Crippen molar-refractivity contribution in [3.05, 3.63) is 11.7 Å². The quantitative estimate of drug-likeness (QED) is 0.889. The zero-order chi connectivity index (χ0) is 14.9. The number of hydrogen-bond donors (Lipinski definition) is 2. The Bertz CT molecular complexity index is 513. The van der Waals surface area contributed by atoms with E-state index in [1.165, 1.54) is 13.3 Å². The van der Waals surface area contributed by atoms with Crippen LogP contribution in [0.15, 0.2) is 4.52 Å². The highest BCUT2D eigenvalue weighted by Gasteiger charge is 2.43. The number of hydrogen-bond acceptors (Lipinski definition) is 5. The summed E-state index contributed by atoms with van der Waals surface area (Å²) < 4.78 is 5.53. The van der Waals surface area contributed by atoms with Gasteiger partial charge in [-0.25, -0.2) is 0 Å². The van der Waals surface area contributed by atoms with Crippen molar-refractivity contribution in [2.45, 2.75) is 75.8 Å². The molecule has 3 N–H and O–H groups in total. The van der Waals surface area contributed by atoms with Crippen LogP contribution in [0.3, 0.4) is 0 Å². The van der Waals surface area contributed by atoms with Crippen molar-refractivity contribution in [3.8, 4) is 0 Å². The Morgan fingerprint density at radius 2 is 1.76 bits per heavy atom. The van der Waals surface area contributed by atoms with Crippen LogP contribution in [0.4, 0.5) is 0 Å². The maximum absolute atomic E-state index is 11.6. The Morgan fingerprint density at radius 1 is 1.14 bits per heavy atom. The first kappa shape index (κ1) is 14.5. The number of nitrogens with one attached hydrogen (secondary N) is 1. The number of amides is 1. The van der Waals surface area contributed by atoms with Crippen molar-refractivity contribution < 1.29 is 9.32 Å². The third-order valence-corrected chi connectivity index (χ3v) is 4.90. The number of carbonyl (C=O) groups excluding carboxylic acids is 1. The minimum Gasteiger partial charge on any atom is -0.342 e. The highest BCUT2D eigenvalue weighted by Crippen LogP contribution is 2.39. The smallest absolute Gasteiger partial charge is 0.252 e. The monoisotopic (exact) mass is 292 g/mol. The number of rotatable bonds is 3. The average molecular weight is 292 g/mol. The van der Waals surface area contributed by atoms with Gasteiger partial charge in [0.1, 0.15) is 5.54 Å². The molecular formula is C15H24N4O2. The van der Waals surface area contributed by atoms with Crippen LogP contribution in [0.5, 0.6) is 0 Å². The minimum atomic E-state index is -0.496. The minimum absolute atomic E-state index is 0.0556. The molecule has 0 spiro atoms. The SMILES string of the molecule is CC(=O)NC1(c2nc(C3(N)CCCC3)no2)CCCCC1. The van der Waals surface area contributed by atoms with Crippen LogP contribution >= 0.6 is 0 Å². The van der Waals surface area contributed by atoms with Gasteiger partial charge in [0, 0.05) is 6.92 Å². The molecule has 0 unspecified atom stereocenters. The van der Waals surface area contributed by atoms with E-state index in [1.54, 1.807) is 0 Å². The fourth-order valence-corrected chi connectivity index (χ4v) is 3.73. The molecule has 21 heavy (non-hydrogen) atoms. The van der Waals surface area contributed by atoms with Gasteiger partial charge in [0.2, 0.25) is 5.91 Å². The van der Waals surface area contributed by atoms with Crippen LogP contribution in [-0.4, -0.2) is 16.0 Å². The molecule has 2 aliphatic rings. The highest BCUT2D eigenvalue weighted by molar-refractivity contribution is 5.73. The van der Waals surface area contributed by atoms with E-state index in [1.807, 2.05) is 0 Å². The molecule has 1 aromatic rings. The van der Waals surface area contributed by atoms with Crippen LogP contribution in [-0.2, 0) is 15.9 Å². The van der Waals surface area contributed by atoms with Gasteiger partial charge in [-0.05, 0) is 25.7 Å². The molecule has 2 aliphatic carbocycles. The van der Waals surface area contributed by atoms with Crippen molar-refractivity contribution in [1.82, 2.24) is 15.5 Å². The molecule has 3 rings (SSSR count). The topological polar surface area (TPSA) is 94.0 Å². The zero-order valence-corrected chi connectivity index (χ0v) is 12.7. The third kappa shape index (κ3) is 2.69. The van der Waals surface area contributed by atoms with Gasteiger partial charge < -0.3 is 15.6 Å². The largest absolute Gasteiger partial charge is 0.342 e. The fourth-order valence-electron chi connectivity index (χ4n) is 3.73. The van der Waals surface area contributed by atoms with Gasteiger partial charge in [0.25, 0.3) is 5.89 Å². The molecule has 1 heterocycles. The second-order valence-electron chi connectivity index (χ2n) is 6.61. The van der Waals surface area contributed by atoms with E-state index in [-0.39, 0.29) is 5.91 Å². The summed E-state index contributed by atoms with van der Waals surface area (Å²) in [5, 5.41) is 7.19. The molecule has 116 valence electrons. The van der Waals surface area contributed by atoms with Crippen molar-refractivity contribution in [3.63, 3.8) is 0 Å². The van der Waals surface area contributed by atoms with E-state index in [4.69, 9.17) is 10.3 Å². The lowest BCUT2D eigenvalue weighted by atomic mass is 9.81. The Kier molecular flexibility index (Phi) is 3.73. The molecule has 6 nitrogen and oxygen atoms in total. The molecule has 0 radical (unpaired) electrons. The first-order chi connectivity index (χ1) is 10.0. The zero-order valence-electron chi connectivity index (χ0n) is 12.7. The van der Waals surface area contributed by atoms with Crippen LogP contribution < -0.4 is 11.1 Å². The molecule has 0 aromatic carbocycles. The maximum atomic E-state index is 11.6. The summed E-state index contributed by atoms with van der Waals surface area (Å²) in [6, 6.07) is 0. The molecule has 0 aliphatic heterocycles. The summed E-state index contributed by atoms with van der Waals surface area (Å²) in [4.78, 5) is 16.2. The Hall–Kier alpha value is -1.43. The van der Waals surface area contributed by atoms with Crippen LogP contribution in [0.25, 0.3) is 0 Å². The van der Waals surface area contributed by atoms with Gasteiger partial charge in [-0.15, -0.1) is 0 Å². The van der Waals surface area contributed by atoms with Crippen molar-refractivity contribution in [2.75, 3.05) is 0 Å². The fraction of sp³-hybridized carbons (Fsp3) is 0.800. The normalized spacial score (nSPS) is 23.9. The van der Waals surface area contributed by atoms with Crippen LogP contribution in [0.1, 0.15) is 76.4 Å². The molecular weight excluding hydrogens is 268 g/mol. The third-order valence-electron chi connectivity index (χ3n) is 4.90. The Morgan fingerprint density at radius 3 is 2.38 bits per heavy atom. The summed E-state index contributed by atoms with van der Waals surface area (Å²) in [5.41, 5.74) is 5.45.